The number of aliphatic hydroxyl groups is 1. The van der Waals surface area contributed by atoms with E-state index in [4.69, 9.17) is 5.11 Å². The number of carboxylic acid groups (broad SMARTS) is 1. The SMILES string of the molecule is CC(O)(CN1CCCC2C(=O)NCC21)C(=O)O. The smallest absolute Gasteiger partial charge is 0.336 e. The minimum Gasteiger partial charge on any atom is -0.479 e. The Balaban J connectivity index is 2.06. The second-order valence-electron chi connectivity index (χ2n) is 5.11. The number of amides is 1. The molecule has 2 rings (SSSR count). The van der Waals surface area contributed by atoms with Crippen LogP contribution in [0.1, 0.15) is 19.8 Å². The molecule has 2 heterocycles. The molecule has 0 aromatic rings. The average Bonchev–Trinajstić information content (AvgIpc) is 2.61. The van der Waals surface area contributed by atoms with Crippen LogP contribution in [0.4, 0.5) is 0 Å². The van der Waals surface area contributed by atoms with Gasteiger partial charge in [-0.3, -0.25) is 9.69 Å². The zero-order valence-corrected chi connectivity index (χ0v) is 9.85. The van der Waals surface area contributed by atoms with E-state index >= 15 is 0 Å². The number of hydrogen-bond donors (Lipinski definition) is 3. The third kappa shape index (κ3) is 2.28. The zero-order valence-electron chi connectivity index (χ0n) is 9.85. The molecule has 0 aromatic carbocycles. The van der Waals surface area contributed by atoms with Crippen molar-refractivity contribution in [3.05, 3.63) is 0 Å². The van der Waals surface area contributed by atoms with Crippen LogP contribution in [0.2, 0.25) is 0 Å². The summed E-state index contributed by atoms with van der Waals surface area (Å²) < 4.78 is 0. The number of nitrogens with zero attached hydrogens (tertiary/aromatic N) is 1. The predicted octanol–water partition coefficient (Wildman–Crippen LogP) is -0.968. The van der Waals surface area contributed by atoms with E-state index in [0.29, 0.717) is 6.54 Å². The van der Waals surface area contributed by atoms with Gasteiger partial charge in [0.05, 0.1) is 5.92 Å². The van der Waals surface area contributed by atoms with Crippen molar-refractivity contribution in [2.45, 2.75) is 31.4 Å². The number of β-amino-alcohol motifs (C(OH)–C–C–N with tert-alkyl or cyclic N) is 1. The molecule has 0 aromatic heterocycles. The lowest BCUT2D eigenvalue weighted by molar-refractivity contribution is -0.159. The fourth-order valence-electron chi connectivity index (χ4n) is 2.70. The van der Waals surface area contributed by atoms with Gasteiger partial charge in [0.15, 0.2) is 5.60 Å². The fraction of sp³-hybridized carbons (Fsp3) is 0.818. The molecule has 2 saturated heterocycles. The molecule has 6 nitrogen and oxygen atoms in total. The van der Waals surface area contributed by atoms with Crippen LogP contribution in [0.15, 0.2) is 0 Å². The molecule has 0 radical (unpaired) electrons. The van der Waals surface area contributed by atoms with Gasteiger partial charge in [-0.1, -0.05) is 0 Å². The Morgan fingerprint density at radius 1 is 1.65 bits per heavy atom. The molecule has 0 spiro atoms. The van der Waals surface area contributed by atoms with Crippen molar-refractivity contribution in [3.63, 3.8) is 0 Å². The first-order valence-electron chi connectivity index (χ1n) is 5.89. The van der Waals surface area contributed by atoms with E-state index in [2.05, 4.69) is 5.32 Å². The second kappa shape index (κ2) is 4.27. The van der Waals surface area contributed by atoms with Crippen molar-refractivity contribution in [2.75, 3.05) is 19.6 Å². The number of rotatable bonds is 3. The van der Waals surface area contributed by atoms with Gasteiger partial charge in [0.2, 0.25) is 5.91 Å². The number of nitrogens with one attached hydrogen (secondary N) is 1. The van der Waals surface area contributed by atoms with Gasteiger partial charge in [-0.25, -0.2) is 4.79 Å². The van der Waals surface area contributed by atoms with E-state index in [9.17, 15) is 14.7 Å². The summed E-state index contributed by atoms with van der Waals surface area (Å²) in [7, 11) is 0. The summed E-state index contributed by atoms with van der Waals surface area (Å²) in [5, 5.41) is 21.5. The highest BCUT2D eigenvalue weighted by Gasteiger charge is 2.43. The van der Waals surface area contributed by atoms with Gasteiger partial charge in [-0.2, -0.15) is 0 Å². The van der Waals surface area contributed by atoms with Gasteiger partial charge in [-0.05, 0) is 26.3 Å². The molecule has 2 aliphatic heterocycles. The molecule has 0 bridgehead atoms. The quantitative estimate of drug-likeness (QED) is 0.592. The molecule has 3 atom stereocenters. The molecule has 3 unspecified atom stereocenters. The predicted molar refractivity (Wildman–Crippen MR) is 59.4 cm³/mol. The van der Waals surface area contributed by atoms with Crippen molar-refractivity contribution < 1.29 is 19.8 Å². The van der Waals surface area contributed by atoms with Crippen molar-refractivity contribution in [3.8, 4) is 0 Å². The summed E-state index contributed by atoms with van der Waals surface area (Å²) in [6.07, 6.45) is 1.71. The molecule has 2 aliphatic rings. The highest BCUT2D eigenvalue weighted by atomic mass is 16.4. The lowest BCUT2D eigenvalue weighted by atomic mass is 9.90. The number of aliphatic carboxylic acids is 1. The summed E-state index contributed by atoms with van der Waals surface area (Å²) in [5.74, 6) is -1.22. The van der Waals surface area contributed by atoms with Crippen molar-refractivity contribution in [1.29, 1.82) is 0 Å². The van der Waals surface area contributed by atoms with E-state index in [1.807, 2.05) is 4.90 Å². The van der Waals surface area contributed by atoms with Crippen molar-refractivity contribution >= 4 is 11.9 Å². The lowest BCUT2D eigenvalue weighted by Gasteiger charge is -2.38. The summed E-state index contributed by atoms with van der Waals surface area (Å²) >= 11 is 0. The molecule has 1 amide bonds. The number of carbonyl (C=O) groups excluding carboxylic acids is 1. The Labute approximate surface area is 99.6 Å². The van der Waals surface area contributed by atoms with Crippen LogP contribution in [0.3, 0.4) is 0 Å². The summed E-state index contributed by atoms with van der Waals surface area (Å²) in [4.78, 5) is 24.3. The molecular formula is C11H18N2O4. The first kappa shape index (κ1) is 12.3. The van der Waals surface area contributed by atoms with E-state index in [1.165, 1.54) is 6.92 Å². The van der Waals surface area contributed by atoms with E-state index in [-0.39, 0.29) is 24.4 Å². The fourth-order valence-corrected chi connectivity index (χ4v) is 2.70. The number of carbonyl (C=O) groups is 2. The van der Waals surface area contributed by atoms with Crippen LogP contribution in [0, 0.1) is 5.92 Å². The number of likely N-dealkylation sites (tertiary alicyclic amines) is 1. The van der Waals surface area contributed by atoms with Crippen molar-refractivity contribution in [1.82, 2.24) is 10.2 Å². The third-order valence-electron chi connectivity index (χ3n) is 3.69. The molecule has 96 valence electrons. The average molecular weight is 242 g/mol. The Morgan fingerprint density at radius 2 is 2.35 bits per heavy atom. The minimum absolute atomic E-state index is 0.0297. The zero-order chi connectivity index (χ0) is 12.6. The first-order valence-corrected chi connectivity index (χ1v) is 5.89. The van der Waals surface area contributed by atoms with Gasteiger partial charge < -0.3 is 15.5 Å². The van der Waals surface area contributed by atoms with Gasteiger partial charge in [0.1, 0.15) is 0 Å². The van der Waals surface area contributed by atoms with Gasteiger partial charge in [0.25, 0.3) is 0 Å². The van der Waals surface area contributed by atoms with Gasteiger partial charge >= 0.3 is 5.97 Å². The van der Waals surface area contributed by atoms with Crippen LogP contribution in [-0.2, 0) is 9.59 Å². The highest BCUT2D eigenvalue weighted by Crippen LogP contribution is 2.28. The van der Waals surface area contributed by atoms with Crippen LogP contribution < -0.4 is 5.32 Å². The Bertz CT molecular complexity index is 342. The van der Waals surface area contributed by atoms with Crippen molar-refractivity contribution in [2.24, 2.45) is 5.92 Å². The maximum absolute atomic E-state index is 11.5. The molecule has 6 heteroatoms. The topological polar surface area (TPSA) is 89.9 Å². The Morgan fingerprint density at radius 3 is 3.00 bits per heavy atom. The van der Waals surface area contributed by atoms with Gasteiger partial charge in [0, 0.05) is 19.1 Å². The Hall–Kier alpha value is -1.14. The molecule has 2 fully saturated rings. The van der Waals surface area contributed by atoms with Crippen LogP contribution in [-0.4, -0.2) is 58.3 Å². The number of piperidine rings is 1. The summed E-state index contributed by atoms with van der Waals surface area (Å²) in [6.45, 7) is 2.65. The lowest BCUT2D eigenvalue weighted by Crippen LogP contribution is -2.54. The normalized spacial score (nSPS) is 32.7. The molecule has 0 aliphatic carbocycles. The molecule has 17 heavy (non-hydrogen) atoms. The monoisotopic (exact) mass is 242 g/mol. The minimum atomic E-state index is -1.76. The van der Waals surface area contributed by atoms with E-state index in [0.717, 1.165) is 19.4 Å². The molecular weight excluding hydrogens is 224 g/mol. The Kier molecular flexibility index (Phi) is 3.09. The third-order valence-corrected chi connectivity index (χ3v) is 3.69. The summed E-state index contributed by atoms with van der Waals surface area (Å²) in [5.41, 5.74) is -1.76. The molecule has 0 saturated carbocycles. The number of fused-ring (bicyclic) bond motifs is 1. The van der Waals surface area contributed by atoms with E-state index in [1.54, 1.807) is 0 Å². The highest BCUT2D eigenvalue weighted by molar-refractivity contribution is 5.82. The van der Waals surface area contributed by atoms with Gasteiger partial charge in [-0.15, -0.1) is 0 Å². The number of hydrogen-bond acceptors (Lipinski definition) is 4. The standard InChI is InChI=1S/C11H18N2O4/c1-11(17,10(15)16)6-13-4-2-3-7-8(13)5-12-9(7)14/h7-8,17H,2-6H2,1H3,(H,12,14)(H,15,16). The molecule has 3 N–H and O–H groups in total. The van der Waals surface area contributed by atoms with Crippen LogP contribution >= 0.6 is 0 Å². The largest absolute Gasteiger partial charge is 0.479 e. The maximum atomic E-state index is 11.5. The van der Waals surface area contributed by atoms with Crippen LogP contribution in [0.5, 0.6) is 0 Å². The maximum Gasteiger partial charge on any atom is 0.336 e. The van der Waals surface area contributed by atoms with E-state index < -0.39 is 11.6 Å². The summed E-state index contributed by atoms with van der Waals surface area (Å²) in [6, 6.07) is 0.0297. The first-order chi connectivity index (χ1) is 7.92. The van der Waals surface area contributed by atoms with Crippen LogP contribution in [0.25, 0.3) is 0 Å². The number of carboxylic acids is 1. The second-order valence-corrected chi connectivity index (χ2v) is 5.11.